The van der Waals surface area contributed by atoms with E-state index in [0.29, 0.717) is 23.0 Å². The zero-order valence-electron chi connectivity index (χ0n) is 10.3. The summed E-state index contributed by atoms with van der Waals surface area (Å²) in [4.78, 5) is 7.57. The lowest BCUT2D eigenvalue weighted by molar-refractivity contribution is -0.0487. The van der Waals surface area contributed by atoms with E-state index in [0.717, 1.165) is 0 Å². The van der Waals surface area contributed by atoms with E-state index < -0.39 is 15.6 Å². The first-order chi connectivity index (χ1) is 9.81. The highest BCUT2D eigenvalue weighted by atomic mass is 127. The Balaban J connectivity index is 0.000000293. The van der Waals surface area contributed by atoms with Crippen LogP contribution in [0.2, 0.25) is 0 Å². The Bertz CT molecular complexity index is 483. The summed E-state index contributed by atoms with van der Waals surface area (Å²) in [5.41, 5.74) is -5.31. The predicted octanol–water partition coefficient (Wildman–Crippen LogP) is 3.37. The van der Waals surface area contributed by atoms with Crippen LogP contribution in [0.15, 0.2) is 61.2 Å². The molecule has 2 heterocycles. The molecule has 116 valence electrons. The summed E-state index contributed by atoms with van der Waals surface area (Å²) in [7, 11) is -5.35. The molecule has 0 fully saturated rings. The van der Waals surface area contributed by atoms with Gasteiger partial charge in [-0.05, 0) is 24.3 Å². The van der Waals surface area contributed by atoms with Crippen molar-refractivity contribution in [2.45, 2.75) is 5.51 Å². The third-order valence-corrected chi connectivity index (χ3v) is 3.65. The first-order valence-corrected chi connectivity index (χ1v) is 7.41. The number of hydrogen-bond acceptors (Lipinski definition) is 5. The van der Waals surface area contributed by atoms with Crippen LogP contribution in [0.1, 0.15) is 0 Å². The van der Waals surface area contributed by atoms with Gasteiger partial charge in [-0.1, -0.05) is 12.1 Å². The summed E-state index contributed by atoms with van der Waals surface area (Å²) in [6.07, 6.45) is 7.00. The van der Waals surface area contributed by atoms with Gasteiger partial charge in [0.1, 0.15) is 23.0 Å². The fourth-order valence-corrected chi connectivity index (χ4v) is 1.34. The van der Waals surface area contributed by atoms with Crippen molar-refractivity contribution in [2.75, 3.05) is 0 Å². The second-order valence-corrected chi connectivity index (χ2v) is 5.59. The van der Waals surface area contributed by atoms with Gasteiger partial charge in [0, 0.05) is 24.8 Å². The van der Waals surface area contributed by atoms with Crippen LogP contribution in [0.5, 0.6) is 0 Å². The van der Waals surface area contributed by atoms with E-state index in [1.807, 2.05) is 36.4 Å². The summed E-state index contributed by atoms with van der Waals surface area (Å²) in [5, 5.41) is 0. The van der Waals surface area contributed by atoms with Crippen LogP contribution in [0.25, 0.3) is 0 Å². The molecule has 0 aliphatic rings. The maximum atomic E-state index is 11.1. The van der Waals surface area contributed by atoms with Crippen molar-refractivity contribution in [1.29, 1.82) is 0 Å². The molecule has 0 aliphatic carbocycles. The van der Waals surface area contributed by atoms with E-state index in [-0.39, 0.29) is 0 Å². The molecule has 5 nitrogen and oxygen atoms in total. The van der Waals surface area contributed by atoms with Crippen LogP contribution in [-0.2, 0) is 12.6 Å². The lowest BCUT2D eigenvalue weighted by Gasteiger charge is -2.01. The molecular formula is C11H10F3IN2O3S. The Labute approximate surface area is 134 Å². The van der Waals surface area contributed by atoms with Gasteiger partial charge in [-0.3, -0.25) is 9.97 Å². The molecule has 10 heteroatoms. The summed E-state index contributed by atoms with van der Waals surface area (Å²) in [5.74, 6) is 0. The molecule has 0 saturated heterocycles. The van der Waals surface area contributed by atoms with Crippen LogP contribution in [0.3, 0.4) is 0 Å². The molecule has 0 aliphatic heterocycles. The van der Waals surface area contributed by atoms with Gasteiger partial charge in [0.2, 0.25) is 0 Å². The molecule has 0 atom stereocenters. The maximum absolute atomic E-state index is 11.1. The van der Waals surface area contributed by atoms with Crippen molar-refractivity contribution >= 4 is 33.1 Å². The Morgan fingerprint density at radius 3 is 1.19 bits per heavy atom. The highest BCUT2D eigenvalue weighted by Gasteiger charge is 2.47. The normalized spacial score (nSPS) is 10.5. The van der Waals surface area contributed by atoms with Crippen molar-refractivity contribution < 1.29 is 24.1 Å². The van der Waals surface area contributed by atoms with Gasteiger partial charge >= 0.3 is 15.6 Å². The van der Waals surface area contributed by atoms with Crippen LogP contribution in [0, 0.1) is 0 Å². The molecule has 2 aromatic rings. The van der Waals surface area contributed by atoms with Crippen LogP contribution in [-0.4, -0.2) is 23.9 Å². The Kier molecular flexibility index (Phi) is 9.82. The summed E-state index contributed by atoms with van der Waals surface area (Å²) < 4.78 is 55.8. The summed E-state index contributed by atoms with van der Waals surface area (Å²) in [6.45, 7) is 0. The molecule has 2 aromatic heterocycles. The fourth-order valence-electron chi connectivity index (χ4n) is 0.661. The van der Waals surface area contributed by atoms with Crippen LogP contribution >= 0.6 is 23.0 Å². The van der Waals surface area contributed by atoms with Gasteiger partial charge in [0.05, 0.1) is 0 Å². The van der Waals surface area contributed by atoms with Crippen molar-refractivity contribution in [3.8, 4) is 0 Å². The van der Waals surface area contributed by atoms with Crippen molar-refractivity contribution in [1.82, 2.24) is 9.97 Å². The average molecular weight is 434 g/mol. The molecule has 0 radical (unpaired) electrons. The van der Waals surface area contributed by atoms with Gasteiger partial charge in [-0.25, -0.2) is 0 Å². The molecule has 2 rings (SSSR count). The first-order valence-electron chi connectivity index (χ1n) is 5.12. The van der Waals surface area contributed by atoms with Gasteiger partial charge in [0.25, 0.3) is 0 Å². The molecule has 0 N–H and O–H groups in total. The minimum Gasteiger partial charge on any atom is -0.265 e. The van der Waals surface area contributed by atoms with Gasteiger partial charge < -0.3 is 0 Å². The predicted molar refractivity (Wildman–Crippen MR) is 78.6 cm³/mol. The summed E-state index contributed by atoms with van der Waals surface area (Å²) >= 11 is 0.647. The zero-order valence-corrected chi connectivity index (χ0v) is 13.3. The number of alkyl halides is 3. The monoisotopic (exact) mass is 434 g/mol. The standard InChI is InChI=1S/2C5H5N.CF3IO3S/c2*1-2-4-6-5-3-1;2-1(3,4)9(6,7)8-5/h2*1-5H;. The number of rotatable bonds is 1. The number of pyridine rings is 2. The van der Waals surface area contributed by atoms with Crippen LogP contribution < -0.4 is 0 Å². The van der Waals surface area contributed by atoms with E-state index in [1.165, 1.54) is 0 Å². The fraction of sp³-hybridized carbons (Fsp3) is 0.0909. The highest BCUT2D eigenvalue weighted by molar-refractivity contribution is 14.1. The van der Waals surface area contributed by atoms with Gasteiger partial charge in [0.15, 0.2) is 0 Å². The molecule has 0 aromatic carbocycles. The number of aromatic nitrogens is 2. The Hall–Kier alpha value is -1.27. The smallest absolute Gasteiger partial charge is 0.265 e. The quantitative estimate of drug-likeness (QED) is 0.509. The lowest BCUT2D eigenvalue weighted by Crippen LogP contribution is -2.22. The second kappa shape index (κ2) is 10.5. The lowest BCUT2D eigenvalue weighted by atomic mass is 10.5. The number of nitrogens with zero attached hydrogens (tertiary/aromatic N) is 2. The zero-order chi connectivity index (χ0) is 16.2. The molecule has 0 saturated carbocycles. The van der Waals surface area contributed by atoms with Gasteiger partial charge in [-0.15, -0.1) is 0 Å². The van der Waals surface area contributed by atoms with Crippen molar-refractivity contribution in [2.24, 2.45) is 0 Å². The largest absolute Gasteiger partial charge is 0.523 e. The molecule has 21 heavy (non-hydrogen) atoms. The van der Waals surface area contributed by atoms with Crippen molar-refractivity contribution in [3.05, 3.63) is 61.2 Å². The molecular weight excluding hydrogens is 424 g/mol. The van der Waals surface area contributed by atoms with Crippen LogP contribution in [0.4, 0.5) is 13.2 Å². The molecule has 0 bridgehead atoms. The minimum atomic E-state index is -5.35. The molecule has 0 unspecified atom stereocenters. The van der Waals surface area contributed by atoms with E-state index in [9.17, 15) is 21.6 Å². The van der Waals surface area contributed by atoms with E-state index in [4.69, 9.17) is 0 Å². The van der Waals surface area contributed by atoms with E-state index in [2.05, 4.69) is 12.5 Å². The summed E-state index contributed by atoms with van der Waals surface area (Å²) in [6, 6.07) is 11.4. The highest BCUT2D eigenvalue weighted by Crippen LogP contribution is 2.25. The SMILES string of the molecule is O=S(=O)(OI)C(F)(F)F.c1ccncc1.c1ccncc1. The average Bonchev–Trinajstić information content (AvgIpc) is 2.51. The second-order valence-electron chi connectivity index (χ2n) is 3.01. The van der Waals surface area contributed by atoms with E-state index in [1.54, 1.807) is 24.8 Å². The van der Waals surface area contributed by atoms with E-state index >= 15 is 0 Å². The maximum Gasteiger partial charge on any atom is 0.523 e. The molecule has 0 spiro atoms. The molecule has 0 amide bonds. The number of halogens is 4. The Morgan fingerprint density at radius 1 is 0.810 bits per heavy atom. The van der Waals surface area contributed by atoms with Crippen molar-refractivity contribution in [3.63, 3.8) is 0 Å². The topological polar surface area (TPSA) is 69.2 Å². The van der Waals surface area contributed by atoms with Gasteiger partial charge in [-0.2, -0.15) is 24.1 Å². The minimum absolute atomic E-state index is 0.647. The Morgan fingerprint density at radius 2 is 1.14 bits per heavy atom. The third-order valence-electron chi connectivity index (χ3n) is 1.50. The third kappa shape index (κ3) is 10.1. The number of hydrogen-bond donors (Lipinski definition) is 0. The first kappa shape index (κ1) is 19.7.